The molecule has 88 valence electrons. The van der Waals surface area contributed by atoms with Crippen LogP contribution in [0.25, 0.3) is 0 Å². The molecular weight excluding hydrogens is 245 g/mol. The number of halogens is 2. The van der Waals surface area contributed by atoms with E-state index in [4.69, 9.17) is 33.6 Å². The average molecular weight is 260 g/mol. The number of rotatable bonds is 3. The molecule has 0 saturated carbocycles. The van der Waals surface area contributed by atoms with E-state index in [0.29, 0.717) is 16.5 Å². The lowest BCUT2D eigenvalue weighted by atomic mass is 9.98. The summed E-state index contributed by atoms with van der Waals surface area (Å²) in [6, 6.07) is 7.17. The van der Waals surface area contributed by atoms with E-state index in [1.54, 1.807) is 18.2 Å². The number of aliphatic hydroxyl groups excluding tert-OH is 1. The lowest BCUT2D eigenvalue weighted by molar-refractivity contribution is 0.283. The topological polar surface area (TPSA) is 44.0 Å². The van der Waals surface area contributed by atoms with E-state index in [-0.39, 0.29) is 12.5 Å². The number of nitriles is 1. The quantitative estimate of drug-likeness (QED) is 0.892. The second-order valence-electron chi connectivity index (χ2n) is 2.87. The van der Waals surface area contributed by atoms with E-state index in [2.05, 4.69) is 6.07 Å². The fraction of sp³-hybridized carbons (Fsp3) is 0.417. The van der Waals surface area contributed by atoms with Gasteiger partial charge in [0.15, 0.2) is 0 Å². The lowest BCUT2D eigenvalue weighted by Gasteiger charge is -2.08. The van der Waals surface area contributed by atoms with E-state index >= 15 is 0 Å². The summed E-state index contributed by atoms with van der Waals surface area (Å²) in [5.74, 6) is -0.324. The maximum Gasteiger partial charge on any atom is 0.0735 e. The van der Waals surface area contributed by atoms with Crippen LogP contribution in [0.15, 0.2) is 18.2 Å². The van der Waals surface area contributed by atoms with Gasteiger partial charge < -0.3 is 5.11 Å². The normalized spacial score (nSPS) is 11.0. The number of hydrogen-bond acceptors (Lipinski definition) is 2. The van der Waals surface area contributed by atoms with E-state index in [9.17, 15) is 0 Å². The van der Waals surface area contributed by atoms with Crippen molar-refractivity contribution < 1.29 is 5.11 Å². The van der Waals surface area contributed by atoms with E-state index in [0.717, 1.165) is 5.56 Å². The Morgan fingerprint density at radius 3 is 2.38 bits per heavy atom. The van der Waals surface area contributed by atoms with Gasteiger partial charge in [0, 0.05) is 6.61 Å². The Balaban J connectivity index is 0.00000106. The minimum absolute atomic E-state index is 0.0154. The first-order chi connectivity index (χ1) is 7.69. The molecule has 0 spiro atoms. The minimum Gasteiger partial charge on any atom is -0.396 e. The van der Waals surface area contributed by atoms with Crippen LogP contribution in [0.3, 0.4) is 0 Å². The average Bonchev–Trinajstić information content (AvgIpc) is 2.32. The molecule has 1 aromatic rings. The highest BCUT2D eigenvalue weighted by Crippen LogP contribution is 2.27. The molecule has 0 aliphatic heterocycles. The monoisotopic (exact) mass is 259 g/mol. The van der Waals surface area contributed by atoms with Gasteiger partial charge in [0.05, 0.1) is 22.0 Å². The fourth-order valence-electron chi connectivity index (χ4n) is 1.16. The SMILES string of the molecule is CC.N#CC(CCO)c1ccc(Cl)c(Cl)c1. The van der Waals surface area contributed by atoms with Gasteiger partial charge in [0.1, 0.15) is 0 Å². The molecule has 0 amide bonds. The van der Waals surface area contributed by atoms with Crippen molar-refractivity contribution in [3.8, 4) is 6.07 Å². The van der Waals surface area contributed by atoms with Crippen LogP contribution >= 0.6 is 23.2 Å². The molecule has 1 rings (SSSR count). The van der Waals surface area contributed by atoms with Gasteiger partial charge in [0.25, 0.3) is 0 Å². The number of nitrogens with zero attached hydrogens (tertiary/aromatic N) is 1. The fourth-order valence-corrected chi connectivity index (χ4v) is 1.47. The van der Waals surface area contributed by atoms with Crippen LogP contribution in [0.4, 0.5) is 0 Å². The van der Waals surface area contributed by atoms with E-state index in [1.807, 2.05) is 13.8 Å². The van der Waals surface area contributed by atoms with Crippen molar-refractivity contribution in [1.82, 2.24) is 0 Å². The summed E-state index contributed by atoms with van der Waals surface area (Å²) in [6.07, 6.45) is 0.411. The van der Waals surface area contributed by atoms with Crippen molar-refractivity contribution in [2.75, 3.05) is 6.61 Å². The third-order valence-corrected chi connectivity index (χ3v) is 2.66. The van der Waals surface area contributed by atoms with E-state index < -0.39 is 0 Å². The molecular formula is C12H15Cl2NO. The highest BCUT2D eigenvalue weighted by Gasteiger charge is 2.11. The van der Waals surface area contributed by atoms with Crippen LogP contribution in [0, 0.1) is 11.3 Å². The Bertz CT molecular complexity index is 361. The van der Waals surface area contributed by atoms with Crippen molar-refractivity contribution in [3.05, 3.63) is 33.8 Å². The molecule has 0 aromatic heterocycles. The Kier molecular flexibility index (Phi) is 8.01. The molecule has 0 radical (unpaired) electrons. The van der Waals surface area contributed by atoms with Crippen molar-refractivity contribution in [2.24, 2.45) is 0 Å². The molecule has 16 heavy (non-hydrogen) atoms. The van der Waals surface area contributed by atoms with Crippen LogP contribution in [0.1, 0.15) is 31.7 Å². The Morgan fingerprint density at radius 1 is 1.31 bits per heavy atom. The van der Waals surface area contributed by atoms with E-state index in [1.165, 1.54) is 0 Å². The third-order valence-electron chi connectivity index (χ3n) is 1.92. The smallest absolute Gasteiger partial charge is 0.0735 e. The minimum atomic E-state index is -0.324. The zero-order valence-electron chi connectivity index (χ0n) is 9.37. The summed E-state index contributed by atoms with van der Waals surface area (Å²) >= 11 is 11.6. The highest BCUT2D eigenvalue weighted by molar-refractivity contribution is 6.42. The molecule has 4 heteroatoms. The summed E-state index contributed by atoms with van der Waals surface area (Å²) < 4.78 is 0. The van der Waals surface area contributed by atoms with Crippen molar-refractivity contribution in [3.63, 3.8) is 0 Å². The predicted molar refractivity (Wildman–Crippen MR) is 67.9 cm³/mol. The first kappa shape index (κ1) is 15.2. The molecule has 0 aliphatic rings. The standard InChI is InChI=1S/C10H9Cl2NO.C2H6/c11-9-2-1-7(5-10(9)12)8(6-13)3-4-14;1-2/h1-2,5,8,14H,3-4H2;1-2H3. The molecule has 2 nitrogen and oxygen atoms in total. The highest BCUT2D eigenvalue weighted by atomic mass is 35.5. The summed E-state index contributed by atoms with van der Waals surface area (Å²) in [6.45, 7) is 3.98. The van der Waals surface area contributed by atoms with Gasteiger partial charge in [-0.15, -0.1) is 0 Å². The van der Waals surface area contributed by atoms with Crippen molar-refractivity contribution in [1.29, 1.82) is 5.26 Å². The first-order valence-electron chi connectivity index (χ1n) is 5.14. The van der Waals surface area contributed by atoms with Crippen LogP contribution in [0.5, 0.6) is 0 Å². The van der Waals surface area contributed by atoms with Crippen LogP contribution < -0.4 is 0 Å². The second-order valence-corrected chi connectivity index (χ2v) is 3.68. The number of hydrogen-bond donors (Lipinski definition) is 1. The largest absolute Gasteiger partial charge is 0.396 e. The van der Waals surface area contributed by atoms with Gasteiger partial charge in [0.2, 0.25) is 0 Å². The van der Waals surface area contributed by atoms with Gasteiger partial charge >= 0.3 is 0 Å². The Hall–Kier alpha value is -0.750. The predicted octanol–water partition coefficient (Wildman–Crippen LogP) is 4.01. The molecule has 0 aliphatic carbocycles. The third kappa shape index (κ3) is 4.40. The van der Waals surface area contributed by atoms with Gasteiger partial charge in [-0.25, -0.2) is 0 Å². The molecule has 0 fully saturated rings. The number of benzene rings is 1. The number of aliphatic hydroxyl groups is 1. The van der Waals surface area contributed by atoms with Gasteiger partial charge in [-0.3, -0.25) is 0 Å². The van der Waals surface area contributed by atoms with Crippen LogP contribution in [0.2, 0.25) is 10.0 Å². The van der Waals surface area contributed by atoms with Crippen molar-refractivity contribution in [2.45, 2.75) is 26.2 Å². The molecule has 0 heterocycles. The van der Waals surface area contributed by atoms with Crippen LogP contribution in [-0.2, 0) is 0 Å². The van der Waals surface area contributed by atoms with Gasteiger partial charge in [-0.05, 0) is 24.1 Å². The molecule has 0 saturated heterocycles. The maximum absolute atomic E-state index is 8.83. The zero-order chi connectivity index (χ0) is 12.6. The first-order valence-corrected chi connectivity index (χ1v) is 5.90. The van der Waals surface area contributed by atoms with Crippen molar-refractivity contribution >= 4 is 23.2 Å². The van der Waals surface area contributed by atoms with Crippen LogP contribution in [-0.4, -0.2) is 11.7 Å². The van der Waals surface area contributed by atoms with Gasteiger partial charge in [-0.1, -0.05) is 43.1 Å². The summed E-state index contributed by atoms with van der Waals surface area (Å²) in [7, 11) is 0. The molecule has 1 atom stereocenters. The summed E-state index contributed by atoms with van der Waals surface area (Å²) in [4.78, 5) is 0. The molecule has 1 aromatic carbocycles. The Labute approximate surface area is 106 Å². The molecule has 1 unspecified atom stereocenters. The lowest BCUT2D eigenvalue weighted by Crippen LogP contribution is -1.98. The molecule has 1 N–H and O–H groups in total. The zero-order valence-corrected chi connectivity index (χ0v) is 10.9. The summed E-state index contributed by atoms with van der Waals surface area (Å²) in [5, 5.41) is 18.5. The maximum atomic E-state index is 8.83. The Morgan fingerprint density at radius 2 is 1.94 bits per heavy atom. The summed E-state index contributed by atoms with van der Waals surface area (Å²) in [5.41, 5.74) is 0.788. The second kappa shape index (κ2) is 8.41. The van der Waals surface area contributed by atoms with Gasteiger partial charge in [-0.2, -0.15) is 5.26 Å². The molecule has 0 bridgehead atoms.